The number of aliphatic carboxylic acids is 1. The van der Waals surface area contributed by atoms with Crippen LogP contribution in [-0.2, 0) is 9.53 Å². The minimum absolute atomic E-state index is 0.221. The summed E-state index contributed by atoms with van der Waals surface area (Å²) >= 11 is 0. The van der Waals surface area contributed by atoms with E-state index in [0.717, 1.165) is 0 Å². The van der Waals surface area contributed by atoms with Gasteiger partial charge in [0.1, 0.15) is 23.7 Å². The number of hydrogen-bond acceptors (Lipinski definition) is 5. The molecule has 1 atom stereocenters. The van der Waals surface area contributed by atoms with Gasteiger partial charge in [0.15, 0.2) is 6.04 Å². The second-order valence-corrected chi connectivity index (χ2v) is 5.52. The molecule has 7 heteroatoms. The maximum absolute atomic E-state index is 11.6. The van der Waals surface area contributed by atoms with E-state index in [1.807, 2.05) is 0 Å². The Hall–Kier alpha value is -2.44. The Morgan fingerprint density at radius 3 is 2.18 bits per heavy atom. The standard InChI is InChI=1S/C15H21NO6/c1-15(2,3)22-14(19)16-12(13(17)18)9-21-11-7-5-10(20-4)6-8-11/h5-8,12H,9H2,1-4H3,(H,16,19)(H,17,18)/t12-/m1/s1. The highest BCUT2D eigenvalue weighted by molar-refractivity contribution is 5.80. The van der Waals surface area contributed by atoms with Crippen LogP contribution in [0.3, 0.4) is 0 Å². The fraction of sp³-hybridized carbons (Fsp3) is 0.467. The van der Waals surface area contributed by atoms with Crippen LogP contribution < -0.4 is 14.8 Å². The molecule has 0 aliphatic heterocycles. The first-order chi connectivity index (χ1) is 10.2. The van der Waals surface area contributed by atoms with Crippen LogP contribution >= 0.6 is 0 Å². The van der Waals surface area contributed by atoms with Crippen LogP contribution in [0.25, 0.3) is 0 Å². The lowest BCUT2D eigenvalue weighted by atomic mass is 10.2. The molecule has 0 spiro atoms. The molecule has 0 aromatic heterocycles. The van der Waals surface area contributed by atoms with Gasteiger partial charge in [-0.05, 0) is 45.0 Å². The van der Waals surface area contributed by atoms with E-state index in [0.29, 0.717) is 11.5 Å². The third-order valence-corrected chi connectivity index (χ3v) is 2.47. The molecule has 1 rings (SSSR count). The predicted octanol–water partition coefficient (Wildman–Crippen LogP) is 2.05. The fourth-order valence-electron chi connectivity index (χ4n) is 1.48. The molecule has 0 aliphatic carbocycles. The zero-order valence-electron chi connectivity index (χ0n) is 13.1. The highest BCUT2D eigenvalue weighted by atomic mass is 16.6. The molecule has 1 amide bonds. The Labute approximate surface area is 129 Å². The summed E-state index contributed by atoms with van der Waals surface area (Å²) in [5.41, 5.74) is -0.704. The maximum atomic E-state index is 11.6. The molecule has 122 valence electrons. The minimum atomic E-state index is -1.21. The number of hydrogen-bond donors (Lipinski definition) is 2. The van der Waals surface area contributed by atoms with Gasteiger partial charge >= 0.3 is 12.1 Å². The largest absolute Gasteiger partial charge is 0.497 e. The number of carboxylic acids is 1. The number of amides is 1. The molecule has 0 radical (unpaired) electrons. The number of methoxy groups -OCH3 is 1. The zero-order chi connectivity index (χ0) is 16.8. The van der Waals surface area contributed by atoms with Gasteiger partial charge in [-0.25, -0.2) is 9.59 Å². The Balaban J connectivity index is 2.57. The van der Waals surface area contributed by atoms with Gasteiger partial charge in [-0.2, -0.15) is 0 Å². The van der Waals surface area contributed by atoms with Gasteiger partial charge in [-0.3, -0.25) is 0 Å². The molecular formula is C15H21NO6. The average molecular weight is 311 g/mol. The smallest absolute Gasteiger partial charge is 0.408 e. The summed E-state index contributed by atoms with van der Waals surface area (Å²) in [5, 5.41) is 11.4. The van der Waals surface area contributed by atoms with Crippen molar-refractivity contribution >= 4 is 12.1 Å². The third-order valence-electron chi connectivity index (χ3n) is 2.47. The molecule has 1 aromatic rings. The van der Waals surface area contributed by atoms with E-state index >= 15 is 0 Å². The lowest BCUT2D eigenvalue weighted by Gasteiger charge is -2.22. The van der Waals surface area contributed by atoms with Gasteiger partial charge in [-0.15, -0.1) is 0 Å². The Bertz CT molecular complexity index is 506. The van der Waals surface area contributed by atoms with E-state index in [-0.39, 0.29) is 6.61 Å². The van der Waals surface area contributed by atoms with E-state index in [1.165, 1.54) is 0 Å². The number of carbonyl (C=O) groups is 2. The van der Waals surface area contributed by atoms with Crippen molar-refractivity contribution in [2.45, 2.75) is 32.4 Å². The first-order valence-corrected chi connectivity index (χ1v) is 6.70. The van der Waals surface area contributed by atoms with E-state index < -0.39 is 23.7 Å². The van der Waals surface area contributed by atoms with Gasteiger partial charge in [0.05, 0.1) is 7.11 Å². The highest BCUT2D eigenvalue weighted by Gasteiger charge is 2.24. The Kier molecular flexibility index (Phi) is 6.03. The molecule has 0 aliphatic rings. The van der Waals surface area contributed by atoms with E-state index in [2.05, 4.69) is 5.32 Å². The van der Waals surface area contributed by atoms with Gasteiger partial charge in [0.25, 0.3) is 0 Å². The summed E-state index contributed by atoms with van der Waals surface area (Å²) in [7, 11) is 1.54. The van der Waals surface area contributed by atoms with Crippen molar-refractivity contribution in [2.75, 3.05) is 13.7 Å². The summed E-state index contributed by atoms with van der Waals surface area (Å²) in [4.78, 5) is 22.8. The van der Waals surface area contributed by atoms with E-state index in [9.17, 15) is 9.59 Å². The van der Waals surface area contributed by atoms with Gasteiger partial charge in [0, 0.05) is 0 Å². The number of carbonyl (C=O) groups excluding carboxylic acids is 1. The van der Waals surface area contributed by atoms with Crippen LogP contribution in [0.1, 0.15) is 20.8 Å². The van der Waals surface area contributed by atoms with Crippen molar-refractivity contribution in [1.29, 1.82) is 0 Å². The van der Waals surface area contributed by atoms with Gasteiger partial charge in [0.2, 0.25) is 0 Å². The van der Waals surface area contributed by atoms with Crippen molar-refractivity contribution < 1.29 is 28.9 Å². The molecule has 7 nitrogen and oxygen atoms in total. The van der Waals surface area contributed by atoms with Crippen molar-refractivity contribution in [1.82, 2.24) is 5.32 Å². The molecule has 2 N–H and O–H groups in total. The SMILES string of the molecule is COc1ccc(OC[C@@H](NC(=O)OC(C)(C)C)C(=O)O)cc1. The quantitative estimate of drug-likeness (QED) is 0.835. The third kappa shape index (κ3) is 6.34. The molecule has 1 aromatic carbocycles. The maximum Gasteiger partial charge on any atom is 0.408 e. The lowest BCUT2D eigenvalue weighted by molar-refractivity contribution is -0.140. The molecule has 0 saturated carbocycles. The number of nitrogens with one attached hydrogen (secondary N) is 1. The molecule has 0 unspecified atom stereocenters. The van der Waals surface area contributed by atoms with E-state index in [4.69, 9.17) is 19.3 Å². The van der Waals surface area contributed by atoms with Crippen LogP contribution in [0.4, 0.5) is 4.79 Å². The first kappa shape index (κ1) is 17.6. The number of alkyl carbamates (subject to hydrolysis) is 1. The van der Waals surface area contributed by atoms with Crippen molar-refractivity contribution in [3.8, 4) is 11.5 Å². The predicted molar refractivity (Wildman–Crippen MR) is 79.3 cm³/mol. The fourth-order valence-corrected chi connectivity index (χ4v) is 1.48. The monoisotopic (exact) mass is 311 g/mol. The first-order valence-electron chi connectivity index (χ1n) is 6.70. The molecule has 22 heavy (non-hydrogen) atoms. The van der Waals surface area contributed by atoms with Crippen LogP contribution in [0.15, 0.2) is 24.3 Å². The van der Waals surface area contributed by atoms with Gasteiger partial charge in [-0.1, -0.05) is 0 Å². The number of carboxylic acid groups (broad SMARTS) is 1. The molecule has 0 heterocycles. The molecule has 0 bridgehead atoms. The summed E-state index contributed by atoms with van der Waals surface area (Å²) in [5.74, 6) is -0.0774. The number of ether oxygens (including phenoxy) is 3. The van der Waals surface area contributed by atoms with Crippen LogP contribution in [0.5, 0.6) is 11.5 Å². The van der Waals surface area contributed by atoms with Crippen molar-refractivity contribution in [3.05, 3.63) is 24.3 Å². The second-order valence-electron chi connectivity index (χ2n) is 5.52. The van der Waals surface area contributed by atoms with Gasteiger partial charge < -0.3 is 24.6 Å². The zero-order valence-corrected chi connectivity index (χ0v) is 13.1. The lowest BCUT2D eigenvalue weighted by Crippen LogP contribution is -2.46. The Morgan fingerprint density at radius 2 is 1.73 bits per heavy atom. The van der Waals surface area contributed by atoms with Crippen molar-refractivity contribution in [2.24, 2.45) is 0 Å². The summed E-state index contributed by atoms with van der Waals surface area (Å²) in [6, 6.07) is 5.45. The van der Waals surface area contributed by atoms with Crippen LogP contribution in [0.2, 0.25) is 0 Å². The Morgan fingerprint density at radius 1 is 1.18 bits per heavy atom. The molecule has 0 fully saturated rings. The molecule has 0 saturated heterocycles. The van der Waals surface area contributed by atoms with E-state index in [1.54, 1.807) is 52.1 Å². The van der Waals surface area contributed by atoms with Crippen LogP contribution in [0, 0.1) is 0 Å². The summed E-state index contributed by atoms with van der Waals surface area (Å²) in [6.07, 6.45) is -0.807. The summed E-state index contributed by atoms with van der Waals surface area (Å²) < 4.78 is 15.4. The number of rotatable bonds is 6. The molecular weight excluding hydrogens is 290 g/mol. The number of benzene rings is 1. The highest BCUT2D eigenvalue weighted by Crippen LogP contribution is 2.17. The normalized spacial score (nSPS) is 12.2. The topological polar surface area (TPSA) is 94.1 Å². The minimum Gasteiger partial charge on any atom is -0.497 e. The second kappa shape index (κ2) is 7.53. The van der Waals surface area contributed by atoms with Crippen molar-refractivity contribution in [3.63, 3.8) is 0 Å². The average Bonchev–Trinajstić information content (AvgIpc) is 2.41. The summed E-state index contributed by atoms with van der Waals surface area (Å²) in [6.45, 7) is 4.85. The van der Waals surface area contributed by atoms with Crippen LogP contribution in [-0.4, -0.2) is 42.5 Å².